The molecule has 0 radical (unpaired) electrons. The molecule has 0 spiro atoms. The molecule has 28 heavy (non-hydrogen) atoms. The van der Waals surface area contributed by atoms with E-state index in [1.54, 1.807) is 31.4 Å². The second kappa shape index (κ2) is 7.55. The highest BCUT2D eigenvalue weighted by molar-refractivity contribution is 5.96. The third-order valence-corrected chi connectivity index (χ3v) is 5.35. The van der Waals surface area contributed by atoms with Gasteiger partial charge in [-0.25, -0.2) is 4.98 Å². The Morgan fingerprint density at radius 3 is 2.82 bits per heavy atom. The first kappa shape index (κ1) is 18.4. The molecule has 1 aliphatic rings. The van der Waals surface area contributed by atoms with Crippen molar-refractivity contribution in [3.8, 4) is 0 Å². The molecule has 1 fully saturated rings. The van der Waals surface area contributed by atoms with Gasteiger partial charge in [-0.15, -0.1) is 0 Å². The van der Waals surface area contributed by atoms with Crippen molar-refractivity contribution in [2.75, 3.05) is 26.2 Å². The summed E-state index contributed by atoms with van der Waals surface area (Å²) in [5, 5.41) is 11.6. The van der Waals surface area contributed by atoms with Gasteiger partial charge in [0.2, 0.25) is 0 Å². The van der Waals surface area contributed by atoms with Crippen LogP contribution in [0, 0.1) is 5.41 Å². The van der Waals surface area contributed by atoms with E-state index in [0.29, 0.717) is 23.2 Å². The number of nitrogens with one attached hydrogen (secondary N) is 2. The van der Waals surface area contributed by atoms with Crippen LogP contribution in [0.2, 0.25) is 0 Å². The lowest BCUT2D eigenvalue weighted by Gasteiger charge is -2.26. The van der Waals surface area contributed by atoms with Crippen molar-refractivity contribution in [3.05, 3.63) is 51.9 Å². The minimum atomic E-state index is -0.336. The summed E-state index contributed by atoms with van der Waals surface area (Å²) in [6.45, 7) is 3.46. The molecule has 1 saturated heterocycles. The maximum absolute atomic E-state index is 12.9. The molecular weight excluding hydrogens is 356 g/mol. The van der Waals surface area contributed by atoms with Gasteiger partial charge in [0.25, 0.3) is 11.5 Å². The summed E-state index contributed by atoms with van der Waals surface area (Å²) in [4.78, 5) is 32.4. The van der Waals surface area contributed by atoms with Gasteiger partial charge in [-0.3, -0.25) is 19.4 Å². The van der Waals surface area contributed by atoms with Crippen LogP contribution in [0.15, 0.2) is 35.3 Å². The molecule has 0 bridgehead atoms. The number of aromatic nitrogens is 3. The number of likely N-dealkylation sites (tertiary alicyclic amines) is 1. The highest BCUT2D eigenvalue weighted by atomic mass is 16.1. The van der Waals surface area contributed by atoms with Crippen molar-refractivity contribution in [3.63, 3.8) is 0 Å². The van der Waals surface area contributed by atoms with Gasteiger partial charge in [0, 0.05) is 26.3 Å². The molecule has 3 aromatic rings. The highest BCUT2D eigenvalue weighted by Crippen LogP contribution is 2.09. The van der Waals surface area contributed by atoms with Crippen LogP contribution in [0.25, 0.3) is 16.7 Å². The Hall–Kier alpha value is -3.00. The van der Waals surface area contributed by atoms with E-state index in [-0.39, 0.29) is 22.5 Å². The molecule has 2 N–H and O–H groups in total. The molecule has 0 aliphatic carbocycles. The van der Waals surface area contributed by atoms with Crippen molar-refractivity contribution in [1.82, 2.24) is 24.2 Å². The molecular formula is C20H24N6O2. The molecule has 4 rings (SSSR count). The van der Waals surface area contributed by atoms with Crippen LogP contribution in [0.4, 0.5) is 0 Å². The van der Waals surface area contributed by atoms with Crippen molar-refractivity contribution in [2.24, 2.45) is 7.05 Å². The first-order chi connectivity index (χ1) is 13.6. The normalized spacial score (nSPS) is 15.2. The summed E-state index contributed by atoms with van der Waals surface area (Å²) < 4.78 is 2.94. The predicted molar refractivity (Wildman–Crippen MR) is 106 cm³/mol. The Bertz CT molecular complexity index is 1160. The number of hydrogen-bond donors (Lipinski definition) is 2. The minimum absolute atomic E-state index is 0.0372. The number of fused-ring (bicyclic) bond motifs is 2. The molecule has 1 amide bonds. The second-order valence-corrected chi connectivity index (χ2v) is 7.21. The Morgan fingerprint density at radius 2 is 2.04 bits per heavy atom. The van der Waals surface area contributed by atoms with Crippen LogP contribution in [0.3, 0.4) is 0 Å². The standard InChI is InChI=1S/C20H24N6O2/c1-24-17(21)14(19(27)22-8-12-25-9-4-2-5-10-25)13-15-18(24)23-16-7-3-6-11-26(16)20(15)28/h3,6-7,11,13,21H,2,4-5,8-10,12H2,1H3,(H,22,27). The van der Waals surface area contributed by atoms with E-state index in [1.807, 2.05) is 0 Å². The van der Waals surface area contributed by atoms with Crippen LogP contribution in [0.1, 0.15) is 29.6 Å². The van der Waals surface area contributed by atoms with Crippen LogP contribution in [-0.2, 0) is 7.05 Å². The maximum atomic E-state index is 12.9. The van der Waals surface area contributed by atoms with E-state index in [4.69, 9.17) is 5.41 Å². The Labute approximate surface area is 161 Å². The average molecular weight is 380 g/mol. The molecule has 146 valence electrons. The molecule has 8 nitrogen and oxygen atoms in total. The predicted octanol–water partition coefficient (Wildman–Crippen LogP) is 0.881. The molecule has 0 atom stereocenters. The van der Waals surface area contributed by atoms with Gasteiger partial charge >= 0.3 is 0 Å². The molecule has 4 heterocycles. The fraction of sp³-hybridized carbons (Fsp3) is 0.400. The number of hydrogen-bond acceptors (Lipinski definition) is 5. The SMILES string of the molecule is Cn1c(=N)c(C(=O)NCCN2CCCCC2)cc2c(=O)n3ccccc3nc21. The number of carbonyl (C=O) groups excluding carboxylic acids is 1. The maximum Gasteiger partial charge on any atom is 0.267 e. The summed E-state index contributed by atoms with van der Waals surface area (Å²) in [5.74, 6) is -0.336. The first-order valence-corrected chi connectivity index (χ1v) is 9.62. The van der Waals surface area contributed by atoms with Gasteiger partial charge < -0.3 is 14.8 Å². The van der Waals surface area contributed by atoms with E-state index in [9.17, 15) is 9.59 Å². The van der Waals surface area contributed by atoms with Crippen LogP contribution in [0.5, 0.6) is 0 Å². The smallest absolute Gasteiger partial charge is 0.267 e. The van der Waals surface area contributed by atoms with Crippen LogP contribution in [-0.4, -0.2) is 50.9 Å². The summed E-state index contributed by atoms with van der Waals surface area (Å²) in [6.07, 6.45) is 5.33. The van der Waals surface area contributed by atoms with E-state index < -0.39 is 0 Å². The monoisotopic (exact) mass is 380 g/mol. The average Bonchev–Trinajstić information content (AvgIpc) is 2.72. The molecule has 0 saturated carbocycles. The molecule has 0 unspecified atom stereocenters. The lowest BCUT2D eigenvalue weighted by Crippen LogP contribution is -2.39. The Morgan fingerprint density at radius 1 is 1.25 bits per heavy atom. The number of pyridine rings is 2. The second-order valence-electron chi connectivity index (χ2n) is 7.21. The van der Waals surface area contributed by atoms with Gasteiger partial charge in [0.1, 0.15) is 16.8 Å². The van der Waals surface area contributed by atoms with E-state index in [0.717, 1.165) is 19.6 Å². The zero-order valence-electron chi connectivity index (χ0n) is 15.9. The summed E-state index contributed by atoms with van der Waals surface area (Å²) >= 11 is 0. The summed E-state index contributed by atoms with van der Waals surface area (Å²) in [7, 11) is 1.65. The molecule has 0 aromatic carbocycles. The van der Waals surface area contributed by atoms with E-state index in [2.05, 4.69) is 15.2 Å². The van der Waals surface area contributed by atoms with Crippen molar-refractivity contribution in [2.45, 2.75) is 19.3 Å². The fourth-order valence-electron chi connectivity index (χ4n) is 3.75. The van der Waals surface area contributed by atoms with Crippen molar-refractivity contribution in [1.29, 1.82) is 5.41 Å². The Kier molecular flexibility index (Phi) is 4.95. The largest absolute Gasteiger partial charge is 0.351 e. The van der Waals surface area contributed by atoms with Gasteiger partial charge in [0.15, 0.2) is 0 Å². The lowest BCUT2D eigenvalue weighted by molar-refractivity contribution is 0.0944. The molecule has 8 heteroatoms. The minimum Gasteiger partial charge on any atom is -0.351 e. The number of rotatable bonds is 4. The highest BCUT2D eigenvalue weighted by Gasteiger charge is 2.16. The first-order valence-electron chi connectivity index (χ1n) is 9.62. The van der Waals surface area contributed by atoms with Crippen molar-refractivity contribution < 1.29 is 4.79 Å². The lowest BCUT2D eigenvalue weighted by atomic mass is 10.1. The summed E-state index contributed by atoms with van der Waals surface area (Å²) in [5.41, 5.74) is 0.872. The van der Waals surface area contributed by atoms with Crippen LogP contribution >= 0.6 is 0 Å². The third kappa shape index (κ3) is 3.31. The quantitative estimate of drug-likeness (QED) is 0.657. The van der Waals surface area contributed by atoms with Gasteiger partial charge in [0.05, 0.1) is 10.9 Å². The van der Waals surface area contributed by atoms with Crippen molar-refractivity contribution >= 4 is 22.6 Å². The fourth-order valence-corrected chi connectivity index (χ4v) is 3.75. The number of carbonyl (C=O) groups is 1. The van der Waals surface area contributed by atoms with E-state index in [1.165, 1.54) is 34.3 Å². The zero-order chi connectivity index (χ0) is 19.7. The number of nitrogens with zero attached hydrogens (tertiary/aromatic N) is 4. The topological polar surface area (TPSA) is 95.5 Å². The van der Waals surface area contributed by atoms with E-state index >= 15 is 0 Å². The third-order valence-electron chi connectivity index (χ3n) is 5.35. The number of amides is 1. The summed E-state index contributed by atoms with van der Waals surface area (Å²) in [6, 6.07) is 6.79. The van der Waals surface area contributed by atoms with Gasteiger partial charge in [-0.2, -0.15) is 0 Å². The molecule has 3 aromatic heterocycles. The van der Waals surface area contributed by atoms with Gasteiger partial charge in [-0.1, -0.05) is 12.5 Å². The number of aryl methyl sites for hydroxylation is 1. The zero-order valence-corrected chi connectivity index (χ0v) is 15.9. The molecule has 1 aliphatic heterocycles. The number of piperidine rings is 1. The van der Waals surface area contributed by atoms with Crippen LogP contribution < -0.4 is 16.4 Å². The van der Waals surface area contributed by atoms with Gasteiger partial charge in [-0.05, 0) is 44.1 Å². The Balaban J connectivity index is 1.65.